The van der Waals surface area contributed by atoms with Crippen molar-refractivity contribution in [3.63, 3.8) is 0 Å². The standard InChI is InChI=1S/C25H19F3N2O3S/c26-25(27,28)23-11-5-4-8-19(23)14-21-17-30(34(32,33)22-9-2-1-3-10-22)16-20(24(21)31)13-18-7-6-12-29-15-18/h1-15H,16-17H2/b20-13+,21-14+. The number of pyridine rings is 1. The van der Waals surface area contributed by atoms with E-state index in [-0.39, 0.29) is 34.7 Å². The minimum Gasteiger partial charge on any atom is -0.289 e. The molecule has 0 radical (unpaired) electrons. The van der Waals surface area contributed by atoms with Gasteiger partial charge in [0.05, 0.1) is 10.5 Å². The Kier molecular flexibility index (Phi) is 6.49. The first-order valence-corrected chi connectivity index (χ1v) is 11.7. The van der Waals surface area contributed by atoms with E-state index < -0.39 is 27.5 Å². The number of nitrogens with zero attached hydrogens (tertiary/aromatic N) is 2. The molecular formula is C25H19F3N2O3S. The highest BCUT2D eigenvalue weighted by atomic mass is 32.2. The minimum absolute atomic E-state index is 0.0279. The smallest absolute Gasteiger partial charge is 0.289 e. The third kappa shape index (κ3) is 5.00. The zero-order chi connectivity index (χ0) is 24.3. The number of rotatable bonds is 4. The Balaban J connectivity index is 1.83. The largest absolute Gasteiger partial charge is 0.416 e. The lowest BCUT2D eigenvalue weighted by molar-refractivity contribution is -0.137. The number of alkyl halides is 3. The van der Waals surface area contributed by atoms with Crippen LogP contribution in [0.5, 0.6) is 0 Å². The van der Waals surface area contributed by atoms with Crippen LogP contribution in [-0.4, -0.2) is 36.6 Å². The van der Waals surface area contributed by atoms with Gasteiger partial charge in [-0.25, -0.2) is 8.42 Å². The van der Waals surface area contributed by atoms with Gasteiger partial charge in [0.25, 0.3) is 0 Å². The van der Waals surface area contributed by atoms with Gasteiger partial charge in [-0.15, -0.1) is 0 Å². The zero-order valence-corrected chi connectivity index (χ0v) is 18.6. The van der Waals surface area contributed by atoms with Gasteiger partial charge in [0.2, 0.25) is 10.0 Å². The van der Waals surface area contributed by atoms with E-state index in [1.807, 2.05) is 0 Å². The lowest BCUT2D eigenvalue weighted by atomic mass is 9.94. The van der Waals surface area contributed by atoms with Gasteiger partial charge in [0.15, 0.2) is 5.78 Å². The number of carbonyl (C=O) groups excluding carboxylic acids is 1. The summed E-state index contributed by atoms with van der Waals surface area (Å²) in [5.41, 5.74) is -0.471. The molecule has 2 heterocycles. The van der Waals surface area contributed by atoms with Crippen LogP contribution in [0, 0.1) is 0 Å². The maximum absolute atomic E-state index is 13.5. The van der Waals surface area contributed by atoms with Crippen molar-refractivity contribution in [2.75, 3.05) is 13.1 Å². The maximum Gasteiger partial charge on any atom is 0.416 e. The van der Waals surface area contributed by atoms with Crippen LogP contribution in [0.15, 0.2) is 95.2 Å². The summed E-state index contributed by atoms with van der Waals surface area (Å²) in [5.74, 6) is -0.514. The molecule has 0 N–H and O–H groups in total. The summed E-state index contributed by atoms with van der Waals surface area (Å²) >= 11 is 0. The number of sulfonamides is 1. The van der Waals surface area contributed by atoms with Crippen LogP contribution in [0.25, 0.3) is 12.2 Å². The Morgan fingerprint density at radius 1 is 0.853 bits per heavy atom. The Bertz CT molecular complexity index is 1370. The molecule has 9 heteroatoms. The number of Topliss-reactive ketones (excluding diaryl/α,β-unsaturated/α-hetero) is 1. The second kappa shape index (κ2) is 9.36. The van der Waals surface area contributed by atoms with Gasteiger partial charge < -0.3 is 0 Å². The van der Waals surface area contributed by atoms with Crippen LogP contribution < -0.4 is 0 Å². The third-order valence-electron chi connectivity index (χ3n) is 5.28. The monoisotopic (exact) mass is 484 g/mol. The molecule has 4 rings (SSSR count). The van der Waals surface area contributed by atoms with Crippen molar-refractivity contribution < 1.29 is 26.4 Å². The van der Waals surface area contributed by atoms with E-state index in [9.17, 15) is 26.4 Å². The first-order valence-electron chi connectivity index (χ1n) is 10.2. The molecule has 0 saturated carbocycles. The van der Waals surface area contributed by atoms with Crippen LogP contribution in [-0.2, 0) is 21.0 Å². The van der Waals surface area contributed by atoms with E-state index in [4.69, 9.17) is 0 Å². The lowest BCUT2D eigenvalue weighted by Crippen LogP contribution is -2.41. The second-order valence-electron chi connectivity index (χ2n) is 7.63. The SMILES string of the molecule is O=C1/C(=C/c2cccnc2)CN(S(=O)(=O)c2ccccc2)C/C1=C\c1ccccc1C(F)(F)F. The fourth-order valence-electron chi connectivity index (χ4n) is 3.65. The van der Waals surface area contributed by atoms with Crippen LogP contribution >= 0.6 is 0 Å². The number of hydrogen-bond acceptors (Lipinski definition) is 4. The van der Waals surface area contributed by atoms with E-state index in [1.165, 1.54) is 42.6 Å². The number of hydrogen-bond donors (Lipinski definition) is 0. The molecule has 0 atom stereocenters. The van der Waals surface area contributed by atoms with Crippen LogP contribution in [0.1, 0.15) is 16.7 Å². The summed E-state index contributed by atoms with van der Waals surface area (Å²) in [6, 6.07) is 15.9. The molecular weight excluding hydrogens is 465 g/mol. The highest BCUT2D eigenvalue weighted by Crippen LogP contribution is 2.34. The number of aromatic nitrogens is 1. The molecule has 0 unspecified atom stereocenters. The van der Waals surface area contributed by atoms with Gasteiger partial charge in [-0.3, -0.25) is 9.78 Å². The number of benzene rings is 2. The highest BCUT2D eigenvalue weighted by molar-refractivity contribution is 7.89. The molecule has 0 aliphatic carbocycles. The molecule has 5 nitrogen and oxygen atoms in total. The van der Waals surface area contributed by atoms with Crippen molar-refractivity contribution in [3.05, 3.63) is 107 Å². The molecule has 1 aromatic heterocycles. The van der Waals surface area contributed by atoms with Gasteiger partial charge >= 0.3 is 6.18 Å². The van der Waals surface area contributed by atoms with E-state index >= 15 is 0 Å². The van der Waals surface area contributed by atoms with Gasteiger partial charge in [-0.1, -0.05) is 42.5 Å². The fraction of sp³-hybridized carbons (Fsp3) is 0.120. The minimum atomic E-state index is -4.63. The summed E-state index contributed by atoms with van der Waals surface area (Å²) in [6.45, 7) is -0.574. The fourth-order valence-corrected chi connectivity index (χ4v) is 5.07. The first-order chi connectivity index (χ1) is 16.2. The summed E-state index contributed by atoms with van der Waals surface area (Å²) in [4.78, 5) is 17.3. The second-order valence-corrected chi connectivity index (χ2v) is 9.56. The molecule has 1 saturated heterocycles. The lowest BCUT2D eigenvalue weighted by Gasteiger charge is -2.29. The van der Waals surface area contributed by atoms with Crippen LogP contribution in [0.3, 0.4) is 0 Å². The number of piperidine rings is 1. The Labute approximate surface area is 194 Å². The number of halogens is 3. The van der Waals surface area contributed by atoms with Crippen molar-refractivity contribution >= 4 is 28.0 Å². The van der Waals surface area contributed by atoms with E-state index in [0.717, 1.165) is 16.4 Å². The molecule has 1 fully saturated rings. The quantitative estimate of drug-likeness (QED) is 0.497. The molecule has 0 bridgehead atoms. The summed E-state index contributed by atoms with van der Waals surface area (Å²) in [5, 5.41) is 0. The van der Waals surface area contributed by atoms with E-state index in [0.29, 0.717) is 5.56 Å². The Hall–Kier alpha value is -3.56. The highest BCUT2D eigenvalue weighted by Gasteiger charge is 2.36. The van der Waals surface area contributed by atoms with Gasteiger partial charge in [-0.2, -0.15) is 17.5 Å². The molecule has 1 aliphatic rings. The normalized spacial score (nSPS) is 17.9. The number of ketones is 1. The molecule has 34 heavy (non-hydrogen) atoms. The zero-order valence-electron chi connectivity index (χ0n) is 17.7. The molecule has 0 spiro atoms. The Morgan fingerprint density at radius 3 is 2.15 bits per heavy atom. The number of carbonyl (C=O) groups is 1. The van der Waals surface area contributed by atoms with Crippen LogP contribution in [0.4, 0.5) is 13.2 Å². The van der Waals surface area contributed by atoms with Crippen molar-refractivity contribution in [1.82, 2.24) is 9.29 Å². The molecule has 1 aliphatic heterocycles. The Morgan fingerprint density at radius 2 is 1.50 bits per heavy atom. The van der Waals surface area contributed by atoms with Crippen molar-refractivity contribution in [3.8, 4) is 0 Å². The average molecular weight is 484 g/mol. The van der Waals surface area contributed by atoms with Crippen molar-refractivity contribution in [1.29, 1.82) is 0 Å². The third-order valence-corrected chi connectivity index (χ3v) is 7.08. The molecule has 0 amide bonds. The summed E-state index contributed by atoms with van der Waals surface area (Å²) in [6.07, 6.45) is 1.06. The van der Waals surface area contributed by atoms with E-state index in [2.05, 4.69) is 4.98 Å². The van der Waals surface area contributed by atoms with Crippen molar-refractivity contribution in [2.24, 2.45) is 0 Å². The van der Waals surface area contributed by atoms with Crippen LogP contribution in [0.2, 0.25) is 0 Å². The van der Waals surface area contributed by atoms with Gasteiger partial charge in [0.1, 0.15) is 0 Å². The average Bonchev–Trinajstić information content (AvgIpc) is 2.82. The molecule has 174 valence electrons. The maximum atomic E-state index is 13.5. The van der Waals surface area contributed by atoms with Gasteiger partial charge in [0, 0.05) is 36.6 Å². The summed E-state index contributed by atoms with van der Waals surface area (Å²) < 4.78 is 68.2. The first kappa shape index (κ1) is 23.6. The predicted molar refractivity (Wildman–Crippen MR) is 122 cm³/mol. The van der Waals surface area contributed by atoms with E-state index in [1.54, 1.807) is 36.5 Å². The topological polar surface area (TPSA) is 67.3 Å². The summed E-state index contributed by atoms with van der Waals surface area (Å²) in [7, 11) is -4.01. The molecule has 3 aromatic rings. The molecule has 2 aromatic carbocycles. The van der Waals surface area contributed by atoms with Gasteiger partial charge in [-0.05, 0) is 47.5 Å². The predicted octanol–water partition coefficient (Wildman–Crippen LogP) is 4.84. The van der Waals surface area contributed by atoms with Crippen molar-refractivity contribution in [2.45, 2.75) is 11.1 Å².